The third-order valence-electron chi connectivity index (χ3n) is 2.58. The number of hydrogen-bond acceptors (Lipinski definition) is 1. The number of aryl methyl sites for hydroxylation is 1. The van der Waals surface area contributed by atoms with Crippen molar-refractivity contribution in [3.63, 3.8) is 0 Å². The summed E-state index contributed by atoms with van der Waals surface area (Å²) in [5.41, 5.74) is 3.30. The Balaban J connectivity index is 2.02. The summed E-state index contributed by atoms with van der Waals surface area (Å²) in [7, 11) is 0. The van der Waals surface area contributed by atoms with Crippen LogP contribution in [0.4, 0.5) is 5.69 Å². The van der Waals surface area contributed by atoms with Crippen molar-refractivity contribution in [1.29, 1.82) is 0 Å². The molecule has 2 aromatic carbocycles. The maximum absolute atomic E-state index is 6.06. The lowest BCUT2D eigenvalue weighted by Crippen LogP contribution is -1.99. The van der Waals surface area contributed by atoms with E-state index < -0.39 is 0 Å². The fourth-order valence-corrected chi connectivity index (χ4v) is 1.82. The van der Waals surface area contributed by atoms with Gasteiger partial charge in [-0.1, -0.05) is 41.4 Å². The Morgan fingerprint density at radius 1 is 1.00 bits per heavy atom. The summed E-state index contributed by atoms with van der Waals surface area (Å²) < 4.78 is 0. The molecule has 0 saturated heterocycles. The molecule has 0 aromatic heterocycles. The molecule has 0 radical (unpaired) electrons. The number of anilines is 1. The topological polar surface area (TPSA) is 12.0 Å². The number of rotatable bonds is 3. The highest BCUT2D eigenvalue weighted by Crippen LogP contribution is 2.20. The summed E-state index contributed by atoms with van der Waals surface area (Å²) in [5, 5.41) is 4.86. The molecule has 0 aliphatic heterocycles. The zero-order chi connectivity index (χ0) is 12.3. The molecule has 1 nitrogen and oxygen atoms in total. The van der Waals surface area contributed by atoms with E-state index in [1.807, 2.05) is 49.4 Å². The van der Waals surface area contributed by atoms with Crippen LogP contribution in [0.25, 0.3) is 0 Å². The van der Waals surface area contributed by atoms with Gasteiger partial charge >= 0.3 is 0 Å². The van der Waals surface area contributed by atoms with Gasteiger partial charge in [0.2, 0.25) is 0 Å². The van der Waals surface area contributed by atoms with Gasteiger partial charge in [0.05, 0.1) is 0 Å². The normalized spacial score (nSPS) is 10.3. The van der Waals surface area contributed by atoms with E-state index in [-0.39, 0.29) is 0 Å². The molecule has 3 heteroatoms. The van der Waals surface area contributed by atoms with E-state index in [1.165, 1.54) is 5.56 Å². The van der Waals surface area contributed by atoms with Crippen LogP contribution < -0.4 is 5.32 Å². The molecular formula is C14H13Cl2N. The van der Waals surface area contributed by atoms with Crippen molar-refractivity contribution in [1.82, 2.24) is 0 Å². The first-order chi connectivity index (χ1) is 8.15. The van der Waals surface area contributed by atoms with Crippen molar-refractivity contribution in [2.75, 3.05) is 5.32 Å². The maximum atomic E-state index is 6.06. The van der Waals surface area contributed by atoms with Crippen molar-refractivity contribution in [3.8, 4) is 0 Å². The molecule has 0 atom stereocenters. The van der Waals surface area contributed by atoms with Gasteiger partial charge in [-0.25, -0.2) is 0 Å². The molecule has 0 aliphatic rings. The minimum atomic E-state index is 0.757. The summed E-state index contributed by atoms with van der Waals surface area (Å²) in [6.45, 7) is 2.75. The molecule has 1 N–H and O–H groups in total. The quantitative estimate of drug-likeness (QED) is 0.831. The standard InChI is InChI=1S/C14H13Cl2N/c1-10-2-7-13(8-14(10)16)17-9-11-3-5-12(15)6-4-11/h2-8,17H,9H2,1H3. The molecule has 17 heavy (non-hydrogen) atoms. The van der Waals surface area contributed by atoms with Crippen LogP contribution in [0, 0.1) is 6.92 Å². The van der Waals surface area contributed by atoms with Gasteiger partial charge in [0, 0.05) is 22.3 Å². The molecule has 0 spiro atoms. The van der Waals surface area contributed by atoms with Crippen LogP contribution >= 0.6 is 23.2 Å². The van der Waals surface area contributed by atoms with Crippen LogP contribution in [-0.4, -0.2) is 0 Å². The van der Waals surface area contributed by atoms with Crippen LogP contribution in [0.2, 0.25) is 10.0 Å². The molecule has 0 aliphatic carbocycles. The lowest BCUT2D eigenvalue weighted by molar-refractivity contribution is 1.15. The molecule has 0 amide bonds. The van der Waals surface area contributed by atoms with E-state index in [1.54, 1.807) is 0 Å². The van der Waals surface area contributed by atoms with Gasteiger partial charge in [-0.2, -0.15) is 0 Å². The number of benzene rings is 2. The van der Waals surface area contributed by atoms with Crippen LogP contribution in [-0.2, 0) is 6.54 Å². The largest absolute Gasteiger partial charge is 0.381 e. The van der Waals surface area contributed by atoms with Gasteiger partial charge in [0.25, 0.3) is 0 Å². The summed E-state index contributed by atoms with van der Waals surface area (Å²) in [4.78, 5) is 0. The summed E-state index contributed by atoms with van der Waals surface area (Å²) in [5.74, 6) is 0. The molecule has 0 bridgehead atoms. The lowest BCUT2D eigenvalue weighted by atomic mass is 10.2. The molecule has 0 fully saturated rings. The van der Waals surface area contributed by atoms with Crippen molar-refractivity contribution in [2.45, 2.75) is 13.5 Å². The number of halogens is 2. The van der Waals surface area contributed by atoms with Crippen molar-refractivity contribution < 1.29 is 0 Å². The van der Waals surface area contributed by atoms with E-state index in [0.29, 0.717) is 0 Å². The minimum Gasteiger partial charge on any atom is -0.381 e. The second kappa shape index (κ2) is 5.44. The molecule has 2 aromatic rings. The van der Waals surface area contributed by atoms with Gasteiger partial charge in [-0.3, -0.25) is 0 Å². The molecule has 88 valence electrons. The Kier molecular flexibility index (Phi) is 3.93. The predicted octanol–water partition coefficient (Wildman–Crippen LogP) is 4.91. The third-order valence-corrected chi connectivity index (χ3v) is 3.24. The monoisotopic (exact) mass is 265 g/mol. The first kappa shape index (κ1) is 12.3. The first-order valence-corrected chi connectivity index (χ1v) is 6.15. The second-order valence-electron chi connectivity index (χ2n) is 3.94. The molecule has 0 heterocycles. The van der Waals surface area contributed by atoms with E-state index in [2.05, 4.69) is 5.32 Å². The zero-order valence-electron chi connectivity index (χ0n) is 9.50. The van der Waals surface area contributed by atoms with Gasteiger partial charge < -0.3 is 5.32 Å². The highest BCUT2D eigenvalue weighted by molar-refractivity contribution is 6.31. The Morgan fingerprint density at radius 3 is 2.35 bits per heavy atom. The van der Waals surface area contributed by atoms with Gasteiger partial charge in [0.1, 0.15) is 0 Å². The highest BCUT2D eigenvalue weighted by Gasteiger charge is 1.98. The molecule has 0 saturated carbocycles. The van der Waals surface area contributed by atoms with Crippen LogP contribution in [0.5, 0.6) is 0 Å². The summed E-state index contributed by atoms with van der Waals surface area (Å²) >= 11 is 11.9. The van der Waals surface area contributed by atoms with Gasteiger partial charge in [-0.05, 0) is 42.3 Å². The number of nitrogens with one attached hydrogen (secondary N) is 1. The second-order valence-corrected chi connectivity index (χ2v) is 4.79. The highest BCUT2D eigenvalue weighted by atomic mass is 35.5. The van der Waals surface area contributed by atoms with Gasteiger partial charge in [0.15, 0.2) is 0 Å². The van der Waals surface area contributed by atoms with Crippen LogP contribution in [0.15, 0.2) is 42.5 Å². The minimum absolute atomic E-state index is 0.757. The van der Waals surface area contributed by atoms with Crippen LogP contribution in [0.1, 0.15) is 11.1 Å². The fraction of sp³-hybridized carbons (Fsp3) is 0.143. The van der Waals surface area contributed by atoms with E-state index in [4.69, 9.17) is 23.2 Å². The molecular weight excluding hydrogens is 253 g/mol. The van der Waals surface area contributed by atoms with Crippen molar-refractivity contribution >= 4 is 28.9 Å². The lowest BCUT2D eigenvalue weighted by Gasteiger charge is -2.08. The van der Waals surface area contributed by atoms with Crippen LogP contribution in [0.3, 0.4) is 0 Å². The smallest absolute Gasteiger partial charge is 0.0455 e. The third kappa shape index (κ3) is 3.39. The fourth-order valence-electron chi connectivity index (χ4n) is 1.51. The molecule has 2 rings (SSSR count). The Morgan fingerprint density at radius 2 is 1.71 bits per heavy atom. The summed E-state index contributed by atoms with van der Waals surface area (Å²) in [6.07, 6.45) is 0. The maximum Gasteiger partial charge on any atom is 0.0455 e. The van der Waals surface area contributed by atoms with Crippen molar-refractivity contribution in [2.24, 2.45) is 0 Å². The predicted molar refractivity (Wildman–Crippen MR) is 75.0 cm³/mol. The SMILES string of the molecule is Cc1ccc(NCc2ccc(Cl)cc2)cc1Cl. The molecule has 0 unspecified atom stereocenters. The van der Waals surface area contributed by atoms with Crippen molar-refractivity contribution in [3.05, 3.63) is 63.6 Å². The zero-order valence-corrected chi connectivity index (χ0v) is 11.0. The van der Waals surface area contributed by atoms with E-state index in [9.17, 15) is 0 Å². The number of hydrogen-bond donors (Lipinski definition) is 1. The average molecular weight is 266 g/mol. The Bertz CT molecular complexity index is 506. The van der Waals surface area contributed by atoms with E-state index >= 15 is 0 Å². The first-order valence-electron chi connectivity index (χ1n) is 5.39. The summed E-state index contributed by atoms with van der Waals surface area (Å²) in [6, 6.07) is 13.8. The van der Waals surface area contributed by atoms with E-state index in [0.717, 1.165) is 27.8 Å². The Hall–Kier alpha value is -1.18. The average Bonchev–Trinajstić information content (AvgIpc) is 2.33. The Labute approximate surface area is 111 Å². The van der Waals surface area contributed by atoms with Gasteiger partial charge in [-0.15, -0.1) is 0 Å².